The molecule has 0 aromatic heterocycles. The van der Waals surface area contributed by atoms with E-state index in [0.29, 0.717) is 46.8 Å². The normalized spacial score (nSPS) is 19.9. The molecule has 0 fully saturated rings. The molecule has 1 heterocycles. The lowest BCUT2D eigenvalue weighted by atomic mass is 9.77. The molecular formula is C22H16Cl2F3NO2. The molecule has 156 valence electrons. The molecular weight excluding hydrogens is 438 g/mol. The Morgan fingerprint density at radius 2 is 1.67 bits per heavy atom. The average molecular weight is 454 g/mol. The van der Waals surface area contributed by atoms with E-state index in [2.05, 4.69) is 0 Å². The van der Waals surface area contributed by atoms with E-state index in [-0.39, 0.29) is 23.1 Å². The number of hydrogen-bond acceptors (Lipinski definition) is 2. The van der Waals surface area contributed by atoms with Gasteiger partial charge in [-0.3, -0.25) is 14.5 Å². The summed E-state index contributed by atoms with van der Waals surface area (Å²) in [4.78, 5) is 27.4. The fourth-order valence-electron chi connectivity index (χ4n) is 4.12. The zero-order valence-electron chi connectivity index (χ0n) is 15.6. The molecule has 0 saturated carbocycles. The zero-order valence-corrected chi connectivity index (χ0v) is 17.1. The second kappa shape index (κ2) is 7.75. The molecule has 8 heteroatoms. The summed E-state index contributed by atoms with van der Waals surface area (Å²) in [5.41, 5.74) is 1.23. The average Bonchev–Trinajstić information content (AvgIpc) is 2.68. The minimum absolute atomic E-state index is 0.0328. The van der Waals surface area contributed by atoms with Crippen molar-refractivity contribution >= 4 is 40.6 Å². The van der Waals surface area contributed by atoms with Gasteiger partial charge < -0.3 is 0 Å². The van der Waals surface area contributed by atoms with Crippen LogP contribution in [0.1, 0.15) is 42.7 Å². The van der Waals surface area contributed by atoms with E-state index < -0.39 is 17.7 Å². The number of nitrogens with zero attached hydrogens (tertiary/aromatic N) is 1. The maximum Gasteiger partial charge on any atom is 0.416 e. The number of carbonyl (C=O) groups excluding carboxylic acids is 2. The Kier molecular flexibility index (Phi) is 5.41. The van der Waals surface area contributed by atoms with E-state index in [1.54, 1.807) is 12.1 Å². The fraction of sp³-hybridized carbons (Fsp3) is 0.273. The maximum atomic E-state index is 13.1. The Hall–Kier alpha value is -2.31. The lowest BCUT2D eigenvalue weighted by Gasteiger charge is -2.38. The van der Waals surface area contributed by atoms with Crippen molar-refractivity contribution in [2.24, 2.45) is 0 Å². The van der Waals surface area contributed by atoms with Gasteiger partial charge >= 0.3 is 6.18 Å². The van der Waals surface area contributed by atoms with Gasteiger partial charge in [0.15, 0.2) is 5.78 Å². The predicted octanol–water partition coefficient (Wildman–Crippen LogP) is 6.54. The first-order chi connectivity index (χ1) is 14.2. The second-order valence-electron chi connectivity index (χ2n) is 7.34. The number of anilines is 1. The Labute approximate surface area is 181 Å². The van der Waals surface area contributed by atoms with Gasteiger partial charge in [-0.05, 0) is 48.7 Å². The molecule has 1 atom stereocenters. The number of hydrogen-bond donors (Lipinski definition) is 0. The number of amides is 1. The lowest BCUT2D eigenvalue weighted by molar-refractivity contribution is -0.137. The largest absolute Gasteiger partial charge is 0.416 e. The molecule has 2 aromatic carbocycles. The van der Waals surface area contributed by atoms with E-state index in [4.69, 9.17) is 23.2 Å². The summed E-state index contributed by atoms with van der Waals surface area (Å²) in [5.74, 6) is -0.939. The summed E-state index contributed by atoms with van der Waals surface area (Å²) in [6, 6.07) is 9.42. The van der Waals surface area contributed by atoms with Crippen LogP contribution in [0.4, 0.5) is 18.9 Å². The highest BCUT2D eigenvalue weighted by Gasteiger charge is 2.40. The van der Waals surface area contributed by atoms with Gasteiger partial charge in [-0.1, -0.05) is 35.3 Å². The van der Waals surface area contributed by atoms with Gasteiger partial charge in [-0.2, -0.15) is 13.2 Å². The third kappa shape index (κ3) is 3.74. The number of allylic oxidation sites excluding steroid dienone is 2. The van der Waals surface area contributed by atoms with Crippen molar-refractivity contribution in [2.45, 2.75) is 37.8 Å². The number of alkyl halides is 3. The second-order valence-corrected chi connectivity index (χ2v) is 8.18. The first-order valence-corrected chi connectivity index (χ1v) is 10.1. The van der Waals surface area contributed by atoms with Gasteiger partial charge in [0.2, 0.25) is 5.91 Å². The number of Topliss-reactive ketones (excluding diaryl/α,β-unsaturated/α-hetero) is 1. The van der Waals surface area contributed by atoms with Gasteiger partial charge in [0.1, 0.15) is 0 Å². The Bertz CT molecular complexity index is 1060. The van der Waals surface area contributed by atoms with Crippen LogP contribution in [0.5, 0.6) is 0 Å². The molecule has 4 rings (SSSR count). The molecule has 30 heavy (non-hydrogen) atoms. The van der Waals surface area contributed by atoms with Crippen LogP contribution in [0.3, 0.4) is 0 Å². The minimum Gasteiger partial charge on any atom is -0.294 e. The first kappa shape index (κ1) is 20.9. The van der Waals surface area contributed by atoms with Crippen LogP contribution >= 0.6 is 23.2 Å². The summed E-state index contributed by atoms with van der Waals surface area (Å²) < 4.78 is 38.7. The summed E-state index contributed by atoms with van der Waals surface area (Å²) in [6.45, 7) is 0. The SMILES string of the molecule is O=C1CCCC2=C1C(c1ccc(C(F)(F)F)cc1)CC(=O)N2c1ccc(Cl)cc1Cl. The van der Waals surface area contributed by atoms with Crippen LogP contribution in [0, 0.1) is 0 Å². The molecule has 0 N–H and O–H groups in total. The first-order valence-electron chi connectivity index (χ1n) is 9.38. The van der Waals surface area contributed by atoms with Crippen molar-refractivity contribution in [3.05, 3.63) is 74.9 Å². The molecule has 1 aliphatic carbocycles. The van der Waals surface area contributed by atoms with Crippen LogP contribution in [-0.4, -0.2) is 11.7 Å². The number of halogens is 5. The third-order valence-corrected chi connectivity index (χ3v) is 6.00. The minimum atomic E-state index is -4.45. The monoisotopic (exact) mass is 453 g/mol. The summed E-state index contributed by atoms with van der Waals surface area (Å²) in [6.07, 6.45) is -3.05. The van der Waals surface area contributed by atoms with E-state index >= 15 is 0 Å². The van der Waals surface area contributed by atoms with Gasteiger partial charge in [-0.25, -0.2) is 0 Å². The summed E-state index contributed by atoms with van der Waals surface area (Å²) in [5, 5.41) is 0.707. The van der Waals surface area contributed by atoms with Gasteiger partial charge in [0.05, 0.1) is 16.3 Å². The van der Waals surface area contributed by atoms with Crippen molar-refractivity contribution in [1.29, 1.82) is 0 Å². The highest BCUT2D eigenvalue weighted by molar-refractivity contribution is 6.37. The molecule has 0 bridgehead atoms. The van der Waals surface area contributed by atoms with Crippen LogP contribution < -0.4 is 4.90 Å². The molecule has 0 radical (unpaired) electrons. The molecule has 0 spiro atoms. The topological polar surface area (TPSA) is 37.4 Å². The van der Waals surface area contributed by atoms with Crippen LogP contribution in [-0.2, 0) is 15.8 Å². The maximum absolute atomic E-state index is 13.1. The predicted molar refractivity (Wildman–Crippen MR) is 109 cm³/mol. The molecule has 2 aromatic rings. The number of benzene rings is 2. The number of rotatable bonds is 2. The van der Waals surface area contributed by atoms with Gasteiger partial charge in [-0.15, -0.1) is 0 Å². The molecule has 0 saturated heterocycles. The lowest BCUT2D eigenvalue weighted by Crippen LogP contribution is -2.40. The fourth-order valence-corrected chi connectivity index (χ4v) is 4.62. The van der Waals surface area contributed by atoms with Crippen molar-refractivity contribution < 1.29 is 22.8 Å². The quantitative estimate of drug-likeness (QED) is 0.517. The highest BCUT2D eigenvalue weighted by Crippen LogP contribution is 2.45. The third-order valence-electron chi connectivity index (χ3n) is 5.47. The molecule has 3 nitrogen and oxygen atoms in total. The van der Waals surface area contributed by atoms with E-state index in [0.717, 1.165) is 12.1 Å². The van der Waals surface area contributed by atoms with Crippen molar-refractivity contribution in [2.75, 3.05) is 4.90 Å². The van der Waals surface area contributed by atoms with E-state index in [1.165, 1.54) is 23.1 Å². The molecule has 2 aliphatic rings. The van der Waals surface area contributed by atoms with Crippen molar-refractivity contribution in [3.8, 4) is 0 Å². The zero-order chi connectivity index (χ0) is 21.6. The van der Waals surface area contributed by atoms with Crippen LogP contribution in [0.2, 0.25) is 10.0 Å². The summed E-state index contributed by atoms with van der Waals surface area (Å²) >= 11 is 12.3. The van der Waals surface area contributed by atoms with Gasteiger partial charge in [0.25, 0.3) is 0 Å². The standard InChI is InChI=1S/C22H16Cl2F3NO2/c23-14-8-9-17(16(24)10-14)28-18-2-1-3-19(29)21(18)15(11-20(28)30)12-4-6-13(7-5-12)22(25,26)27/h4-10,15H,1-3,11H2. The number of ketones is 1. The van der Waals surface area contributed by atoms with Crippen LogP contribution in [0.25, 0.3) is 0 Å². The smallest absolute Gasteiger partial charge is 0.294 e. The molecule has 1 amide bonds. The Balaban J connectivity index is 1.81. The van der Waals surface area contributed by atoms with Crippen molar-refractivity contribution in [3.63, 3.8) is 0 Å². The summed E-state index contributed by atoms with van der Waals surface area (Å²) in [7, 11) is 0. The number of carbonyl (C=O) groups is 2. The molecule has 1 aliphatic heterocycles. The highest BCUT2D eigenvalue weighted by atomic mass is 35.5. The Morgan fingerprint density at radius 1 is 0.967 bits per heavy atom. The van der Waals surface area contributed by atoms with Crippen molar-refractivity contribution in [1.82, 2.24) is 0 Å². The van der Waals surface area contributed by atoms with E-state index in [1.807, 2.05) is 0 Å². The Morgan fingerprint density at radius 3 is 2.30 bits per heavy atom. The van der Waals surface area contributed by atoms with Gasteiger partial charge in [0, 0.05) is 35.1 Å². The van der Waals surface area contributed by atoms with Crippen LogP contribution in [0.15, 0.2) is 53.7 Å². The van der Waals surface area contributed by atoms with E-state index in [9.17, 15) is 22.8 Å². The molecule has 1 unspecified atom stereocenters.